The summed E-state index contributed by atoms with van der Waals surface area (Å²) in [5.41, 5.74) is 1.14. The first kappa shape index (κ1) is 20.3. The smallest absolute Gasteiger partial charge is 0.373 e. The van der Waals surface area contributed by atoms with Crippen molar-refractivity contribution in [2.24, 2.45) is 5.92 Å². The predicted molar refractivity (Wildman–Crippen MR) is 118 cm³/mol. The average molecular weight is 469 g/mol. The summed E-state index contributed by atoms with van der Waals surface area (Å²) in [6.45, 7) is 1.43. The predicted octanol–water partition coefficient (Wildman–Crippen LogP) is 5.40. The van der Waals surface area contributed by atoms with Gasteiger partial charge < -0.3 is 9.64 Å². The molecule has 0 atom stereocenters. The van der Waals surface area contributed by atoms with Gasteiger partial charge in [0.2, 0.25) is 5.82 Å². The van der Waals surface area contributed by atoms with Crippen LogP contribution in [0.2, 0.25) is 0 Å². The highest BCUT2D eigenvalue weighted by Crippen LogP contribution is 2.37. The molecule has 1 aromatic heterocycles. The quantitative estimate of drug-likeness (QED) is 0.355. The summed E-state index contributed by atoms with van der Waals surface area (Å²) in [6, 6.07) is 17.5. The second kappa shape index (κ2) is 9.21. The van der Waals surface area contributed by atoms with E-state index in [-0.39, 0.29) is 11.6 Å². The lowest BCUT2D eigenvalue weighted by molar-refractivity contribution is -0.385. The summed E-state index contributed by atoms with van der Waals surface area (Å²) < 4.78 is 6.61. The lowest BCUT2D eigenvalue weighted by Gasteiger charge is -2.32. The van der Waals surface area contributed by atoms with Crippen LogP contribution in [0.4, 0.5) is 11.5 Å². The molecule has 1 fully saturated rings. The first-order valence-electron chi connectivity index (χ1n) is 9.82. The van der Waals surface area contributed by atoms with Crippen LogP contribution < -0.4 is 9.64 Å². The fourth-order valence-corrected chi connectivity index (χ4v) is 3.99. The van der Waals surface area contributed by atoms with Gasteiger partial charge in [0.05, 0.1) is 4.92 Å². The molecule has 1 aliphatic rings. The van der Waals surface area contributed by atoms with Gasteiger partial charge in [0, 0.05) is 17.6 Å². The number of nitrogens with zero attached hydrogens (tertiary/aromatic N) is 4. The van der Waals surface area contributed by atoms with Crippen molar-refractivity contribution >= 4 is 27.4 Å². The van der Waals surface area contributed by atoms with E-state index in [0.717, 1.165) is 23.7 Å². The Morgan fingerprint density at radius 2 is 1.77 bits per heavy atom. The molecule has 0 unspecified atom stereocenters. The number of nitro groups is 1. The fourth-order valence-electron chi connectivity index (χ4n) is 3.73. The van der Waals surface area contributed by atoms with E-state index >= 15 is 0 Å². The second-order valence-electron chi connectivity index (χ2n) is 7.28. The summed E-state index contributed by atoms with van der Waals surface area (Å²) in [5.74, 6) is 1.31. The summed E-state index contributed by atoms with van der Waals surface area (Å²) in [5, 5.41) is 11.8. The maximum Gasteiger partial charge on any atom is 0.373 e. The number of hydrogen-bond acceptors (Lipinski definition) is 6. The maximum absolute atomic E-state index is 11.8. The molecule has 0 aliphatic carbocycles. The zero-order chi connectivity index (χ0) is 20.9. The number of ether oxygens (including phenoxy) is 1. The van der Waals surface area contributed by atoms with Gasteiger partial charge in [0.25, 0.3) is 0 Å². The number of hydrogen-bond donors (Lipinski definition) is 0. The SMILES string of the molecule is O=[N+]([O-])c1c(Oc2ccc(Br)cc2)ncnc1N1CCC(Cc2ccccc2)CC1. The van der Waals surface area contributed by atoms with E-state index in [1.165, 1.54) is 11.9 Å². The van der Waals surface area contributed by atoms with Gasteiger partial charge in [0.15, 0.2) is 0 Å². The number of halogens is 1. The largest absolute Gasteiger partial charge is 0.434 e. The Balaban J connectivity index is 1.50. The summed E-state index contributed by atoms with van der Waals surface area (Å²) >= 11 is 3.36. The lowest BCUT2D eigenvalue weighted by Crippen LogP contribution is -2.35. The van der Waals surface area contributed by atoms with Crippen molar-refractivity contribution in [3.8, 4) is 11.6 Å². The monoisotopic (exact) mass is 468 g/mol. The molecule has 1 aliphatic heterocycles. The van der Waals surface area contributed by atoms with Gasteiger partial charge in [0.1, 0.15) is 12.1 Å². The third-order valence-electron chi connectivity index (χ3n) is 5.26. The number of piperidine rings is 1. The molecule has 8 heteroatoms. The zero-order valence-electron chi connectivity index (χ0n) is 16.3. The van der Waals surface area contributed by atoms with Crippen LogP contribution in [-0.4, -0.2) is 28.0 Å². The highest BCUT2D eigenvalue weighted by Gasteiger charge is 2.31. The average Bonchev–Trinajstić information content (AvgIpc) is 2.76. The van der Waals surface area contributed by atoms with Gasteiger partial charge >= 0.3 is 11.6 Å². The summed E-state index contributed by atoms with van der Waals surface area (Å²) in [7, 11) is 0. The molecule has 3 aromatic rings. The summed E-state index contributed by atoms with van der Waals surface area (Å²) in [4.78, 5) is 21.6. The van der Waals surface area contributed by atoms with E-state index in [2.05, 4.69) is 50.2 Å². The van der Waals surface area contributed by atoms with Crippen molar-refractivity contribution in [2.45, 2.75) is 19.3 Å². The van der Waals surface area contributed by atoms with Crippen molar-refractivity contribution in [3.05, 3.63) is 81.1 Å². The Morgan fingerprint density at radius 3 is 2.43 bits per heavy atom. The zero-order valence-corrected chi connectivity index (χ0v) is 17.9. The highest BCUT2D eigenvalue weighted by molar-refractivity contribution is 9.10. The molecule has 7 nitrogen and oxygen atoms in total. The van der Waals surface area contributed by atoms with Crippen molar-refractivity contribution in [1.29, 1.82) is 0 Å². The molecule has 30 heavy (non-hydrogen) atoms. The van der Waals surface area contributed by atoms with Crippen molar-refractivity contribution in [2.75, 3.05) is 18.0 Å². The van der Waals surface area contributed by atoms with Crippen LogP contribution in [0.15, 0.2) is 65.4 Å². The third kappa shape index (κ3) is 4.76. The van der Waals surface area contributed by atoms with Crippen LogP contribution in [-0.2, 0) is 6.42 Å². The first-order chi connectivity index (χ1) is 14.6. The minimum Gasteiger partial charge on any atom is -0.434 e. The number of rotatable bonds is 6. The minimum absolute atomic E-state index is 0.0428. The van der Waals surface area contributed by atoms with E-state index in [1.807, 2.05) is 11.0 Å². The van der Waals surface area contributed by atoms with E-state index in [9.17, 15) is 10.1 Å². The Morgan fingerprint density at radius 1 is 1.07 bits per heavy atom. The van der Waals surface area contributed by atoms with Gasteiger partial charge in [-0.25, -0.2) is 4.98 Å². The molecular weight excluding hydrogens is 448 g/mol. The van der Waals surface area contributed by atoms with E-state index in [0.29, 0.717) is 30.6 Å². The Bertz CT molecular complexity index is 1010. The topological polar surface area (TPSA) is 81.4 Å². The van der Waals surface area contributed by atoms with E-state index in [1.54, 1.807) is 24.3 Å². The molecule has 154 valence electrons. The van der Waals surface area contributed by atoms with Gasteiger partial charge in [-0.1, -0.05) is 46.3 Å². The molecule has 0 radical (unpaired) electrons. The molecule has 0 saturated carbocycles. The summed E-state index contributed by atoms with van der Waals surface area (Å²) in [6.07, 6.45) is 4.27. The van der Waals surface area contributed by atoms with E-state index in [4.69, 9.17) is 4.74 Å². The molecule has 0 N–H and O–H groups in total. The van der Waals surface area contributed by atoms with Gasteiger partial charge in [-0.15, -0.1) is 0 Å². The van der Waals surface area contributed by atoms with Crippen LogP contribution in [0.3, 0.4) is 0 Å². The number of benzene rings is 2. The van der Waals surface area contributed by atoms with Crippen molar-refractivity contribution in [3.63, 3.8) is 0 Å². The number of anilines is 1. The highest BCUT2D eigenvalue weighted by atomic mass is 79.9. The Hall–Kier alpha value is -3.00. The molecule has 2 heterocycles. The molecule has 2 aromatic carbocycles. The Kier molecular flexibility index (Phi) is 6.23. The molecule has 0 amide bonds. The molecule has 0 bridgehead atoms. The standard InChI is InChI=1S/C22H21BrN4O3/c23-18-6-8-19(9-7-18)30-22-20(27(28)29)21(24-15-25-22)26-12-10-17(11-13-26)14-16-4-2-1-3-5-16/h1-9,15,17H,10-14H2. The molecule has 4 rings (SSSR count). The van der Waals surface area contributed by atoms with Crippen LogP contribution >= 0.6 is 15.9 Å². The maximum atomic E-state index is 11.8. The second-order valence-corrected chi connectivity index (χ2v) is 8.20. The fraction of sp³-hybridized carbons (Fsp3) is 0.273. The molecular formula is C22H21BrN4O3. The van der Waals surface area contributed by atoms with Crippen molar-refractivity contribution in [1.82, 2.24) is 9.97 Å². The first-order valence-corrected chi connectivity index (χ1v) is 10.6. The third-order valence-corrected chi connectivity index (χ3v) is 5.79. The van der Waals surface area contributed by atoms with Crippen LogP contribution in [0.25, 0.3) is 0 Å². The van der Waals surface area contributed by atoms with Gasteiger partial charge in [-0.2, -0.15) is 4.98 Å². The number of aromatic nitrogens is 2. The van der Waals surface area contributed by atoms with Gasteiger partial charge in [-0.05, 0) is 55.0 Å². The molecule has 1 saturated heterocycles. The van der Waals surface area contributed by atoms with E-state index < -0.39 is 4.92 Å². The van der Waals surface area contributed by atoms with Gasteiger partial charge in [-0.3, -0.25) is 10.1 Å². The van der Waals surface area contributed by atoms with Crippen LogP contribution in [0.1, 0.15) is 18.4 Å². The molecule has 0 spiro atoms. The normalized spacial score (nSPS) is 14.5. The lowest BCUT2D eigenvalue weighted by atomic mass is 9.90. The van der Waals surface area contributed by atoms with Crippen molar-refractivity contribution < 1.29 is 9.66 Å². The van der Waals surface area contributed by atoms with Crippen LogP contribution in [0.5, 0.6) is 11.6 Å². The van der Waals surface area contributed by atoms with Crippen LogP contribution in [0, 0.1) is 16.0 Å². The Labute approximate surface area is 183 Å². The minimum atomic E-state index is -0.459.